The molecule has 33 heavy (non-hydrogen) atoms. The molecule has 0 aliphatic carbocycles. The number of benzene rings is 3. The van der Waals surface area contributed by atoms with Crippen molar-refractivity contribution in [1.29, 1.82) is 0 Å². The molecule has 0 bridgehead atoms. The molecule has 0 spiro atoms. The van der Waals surface area contributed by atoms with E-state index in [1.807, 2.05) is 6.07 Å². The zero-order chi connectivity index (χ0) is 23.3. The van der Waals surface area contributed by atoms with Crippen molar-refractivity contribution in [1.82, 2.24) is 0 Å². The number of hydrogen-bond donors (Lipinski definition) is 0. The van der Waals surface area contributed by atoms with Gasteiger partial charge < -0.3 is 14.2 Å². The van der Waals surface area contributed by atoms with Crippen LogP contribution in [0.1, 0.15) is 16.4 Å². The van der Waals surface area contributed by atoms with Crippen LogP contribution in [0.4, 0.5) is 4.79 Å². The van der Waals surface area contributed by atoms with Gasteiger partial charge in [-0.25, -0.2) is 13.2 Å². The molecule has 1 aliphatic rings. The van der Waals surface area contributed by atoms with Gasteiger partial charge in [-0.1, -0.05) is 78.9 Å². The van der Waals surface area contributed by atoms with E-state index in [-0.39, 0.29) is 23.7 Å². The zero-order valence-corrected chi connectivity index (χ0v) is 18.2. The lowest BCUT2D eigenvalue weighted by atomic mass is 10.1. The topological polar surface area (TPSA) is 96.0 Å². The number of para-hydroxylation sites is 1. The normalized spacial score (nSPS) is 17.0. The SMILES string of the molecule is O=C(OCCOc1ccccc1)OC1=C(c2ccccc2)S(=O)(=O)C(c2ccccc2)C1=O. The Bertz CT molecular complexity index is 1270. The van der Waals surface area contributed by atoms with Crippen molar-refractivity contribution >= 4 is 26.7 Å². The summed E-state index contributed by atoms with van der Waals surface area (Å²) < 4.78 is 42.4. The summed E-state index contributed by atoms with van der Waals surface area (Å²) in [6.07, 6.45) is -1.19. The Hall–Kier alpha value is -3.91. The fourth-order valence-corrected chi connectivity index (χ4v) is 5.48. The van der Waals surface area contributed by atoms with Gasteiger partial charge in [-0.2, -0.15) is 0 Å². The summed E-state index contributed by atoms with van der Waals surface area (Å²) in [6.45, 7) is -0.0900. The van der Waals surface area contributed by atoms with Crippen molar-refractivity contribution in [2.75, 3.05) is 13.2 Å². The van der Waals surface area contributed by atoms with E-state index < -0.39 is 32.8 Å². The van der Waals surface area contributed by atoms with Crippen molar-refractivity contribution in [2.24, 2.45) is 0 Å². The largest absolute Gasteiger partial charge is 0.514 e. The number of Topliss-reactive ketones (excluding diaryl/α,β-unsaturated/α-hetero) is 1. The van der Waals surface area contributed by atoms with E-state index in [9.17, 15) is 18.0 Å². The van der Waals surface area contributed by atoms with E-state index in [4.69, 9.17) is 14.2 Å². The van der Waals surface area contributed by atoms with Gasteiger partial charge in [0, 0.05) is 0 Å². The van der Waals surface area contributed by atoms with Crippen molar-refractivity contribution in [3.05, 3.63) is 108 Å². The van der Waals surface area contributed by atoms with E-state index in [0.717, 1.165) is 0 Å². The molecule has 1 aliphatic heterocycles. The summed E-state index contributed by atoms with van der Waals surface area (Å²) in [7, 11) is -4.17. The maximum absolute atomic E-state index is 13.4. The van der Waals surface area contributed by atoms with E-state index in [2.05, 4.69) is 0 Å². The van der Waals surface area contributed by atoms with Gasteiger partial charge in [0.1, 0.15) is 23.9 Å². The molecule has 0 saturated carbocycles. The Balaban J connectivity index is 1.55. The van der Waals surface area contributed by atoms with E-state index >= 15 is 0 Å². The maximum atomic E-state index is 13.4. The van der Waals surface area contributed by atoms with Gasteiger partial charge in [-0.05, 0) is 23.3 Å². The molecule has 8 heteroatoms. The van der Waals surface area contributed by atoms with Gasteiger partial charge in [-0.3, -0.25) is 4.79 Å². The Morgan fingerprint density at radius 2 is 1.36 bits per heavy atom. The minimum atomic E-state index is -4.17. The molecule has 3 aromatic rings. The lowest BCUT2D eigenvalue weighted by Gasteiger charge is -2.10. The van der Waals surface area contributed by atoms with Gasteiger partial charge in [0.15, 0.2) is 20.8 Å². The first-order valence-electron chi connectivity index (χ1n) is 10.1. The summed E-state index contributed by atoms with van der Waals surface area (Å²) in [4.78, 5) is 25.1. The predicted octanol–water partition coefficient (Wildman–Crippen LogP) is 4.33. The molecule has 0 aromatic heterocycles. The number of carbonyl (C=O) groups is 2. The first kappa shape index (κ1) is 22.3. The standard InChI is InChI=1S/C25H20O7S/c26-21-22(32-25(27)31-17-16-30-20-14-8-3-9-15-20)24(19-12-6-2-7-13-19)33(28,29)23(21)18-10-4-1-5-11-18/h1-15,23H,16-17H2. The summed E-state index contributed by atoms with van der Waals surface area (Å²) in [5.41, 5.74) is 0.540. The number of allylic oxidation sites excluding steroid dienone is 1. The molecular formula is C25H20O7S. The quantitative estimate of drug-likeness (QED) is 0.379. The molecule has 0 radical (unpaired) electrons. The number of rotatable bonds is 7. The number of sulfone groups is 1. The molecule has 4 rings (SSSR count). The van der Waals surface area contributed by atoms with Crippen LogP contribution in [0.15, 0.2) is 96.8 Å². The van der Waals surface area contributed by atoms with Crippen LogP contribution in [0, 0.1) is 0 Å². The molecule has 168 valence electrons. The summed E-state index contributed by atoms with van der Waals surface area (Å²) >= 11 is 0. The molecule has 1 unspecified atom stereocenters. The average Bonchev–Trinajstić information content (AvgIpc) is 3.02. The second-order valence-electron chi connectivity index (χ2n) is 7.09. The average molecular weight is 464 g/mol. The molecule has 0 amide bonds. The van der Waals surface area contributed by atoms with Crippen molar-refractivity contribution in [2.45, 2.75) is 5.25 Å². The second-order valence-corrected chi connectivity index (χ2v) is 9.06. The van der Waals surface area contributed by atoms with E-state index in [1.165, 1.54) is 12.1 Å². The summed E-state index contributed by atoms with van der Waals surface area (Å²) in [5, 5.41) is -1.50. The Kier molecular flexibility index (Phi) is 6.55. The highest BCUT2D eigenvalue weighted by Crippen LogP contribution is 2.44. The predicted molar refractivity (Wildman–Crippen MR) is 121 cm³/mol. The lowest BCUT2D eigenvalue weighted by molar-refractivity contribution is -0.117. The number of hydrogen-bond acceptors (Lipinski definition) is 7. The molecule has 0 fully saturated rings. The fourth-order valence-electron chi connectivity index (χ4n) is 3.47. The third-order valence-corrected chi connectivity index (χ3v) is 7.00. The minimum absolute atomic E-state index is 0.0581. The molecule has 0 N–H and O–H groups in total. The van der Waals surface area contributed by atoms with Crippen LogP contribution in [0.5, 0.6) is 5.75 Å². The van der Waals surface area contributed by atoms with Crippen molar-refractivity contribution in [3.63, 3.8) is 0 Å². The number of ether oxygens (including phenoxy) is 3. The number of carbonyl (C=O) groups excluding carboxylic acids is 2. The summed E-state index contributed by atoms with van der Waals surface area (Å²) in [5.74, 6) is -0.770. The van der Waals surface area contributed by atoms with Crippen LogP contribution < -0.4 is 4.74 Å². The summed E-state index contributed by atoms with van der Waals surface area (Å²) in [6, 6.07) is 25.1. The second kappa shape index (κ2) is 9.70. The molecular weight excluding hydrogens is 444 g/mol. The molecule has 1 heterocycles. The van der Waals surface area contributed by atoms with Crippen LogP contribution in [-0.4, -0.2) is 33.6 Å². The highest BCUT2D eigenvalue weighted by Gasteiger charge is 2.50. The smallest absolute Gasteiger partial charge is 0.490 e. The Morgan fingerprint density at radius 3 is 2.00 bits per heavy atom. The van der Waals surface area contributed by atoms with Gasteiger partial charge >= 0.3 is 6.16 Å². The van der Waals surface area contributed by atoms with E-state index in [1.54, 1.807) is 72.8 Å². The van der Waals surface area contributed by atoms with Crippen LogP contribution in [-0.2, 0) is 24.1 Å². The zero-order valence-electron chi connectivity index (χ0n) is 17.4. The Morgan fingerprint density at radius 1 is 0.788 bits per heavy atom. The highest BCUT2D eigenvalue weighted by molar-refractivity contribution is 8.02. The highest BCUT2D eigenvalue weighted by atomic mass is 32.2. The first-order chi connectivity index (χ1) is 16.0. The van der Waals surface area contributed by atoms with Crippen molar-refractivity contribution < 1.29 is 32.2 Å². The first-order valence-corrected chi connectivity index (χ1v) is 11.7. The van der Waals surface area contributed by atoms with Gasteiger partial charge in [0.05, 0.1) is 0 Å². The van der Waals surface area contributed by atoms with Crippen LogP contribution in [0.2, 0.25) is 0 Å². The van der Waals surface area contributed by atoms with Crippen molar-refractivity contribution in [3.8, 4) is 5.75 Å². The molecule has 0 saturated heterocycles. The maximum Gasteiger partial charge on any atom is 0.514 e. The van der Waals surface area contributed by atoms with Gasteiger partial charge in [0.25, 0.3) is 0 Å². The third-order valence-electron chi connectivity index (χ3n) is 4.90. The van der Waals surface area contributed by atoms with E-state index in [0.29, 0.717) is 11.3 Å². The molecule has 3 aromatic carbocycles. The van der Waals surface area contributed by atoms with Gasteiger partial charge in [0.2, 0.25) is 5.78 Å². The van der Waals surface area contributed by atoms with Crippen LogP contribution in [0.25, 0.3) is 4.91 Å². The molecule has 1 atom stereocenters. The van der Waals surface area contributed by atoms with Crippen LogP contribution >= 0.6 is 0 Å². The van der Waals surface area contributed by atoms with Crippen LogP contribution in [0.3, 0.4) is 0 Å². The Labute approximate surface area is 191 Å². The minimum Gasteiger partial charge on any atom is -0.490 e. The fraction of sp³-hybridized carbons (Fsp3) is 0.120. The van der Waals surface area contributed by atoms with Gasteiger partial charge in [-0.15, -0.1) is 0 Å². The monoisotopic (exact) mass is 464 g/mol. The lowest BCUT2D eigenvalue weighted by Crippen LogP contribution is -2.18. The molecule has 7 nitrogen and oxygen atoms in total. The third kappa shape index (κ3) is 4.80. The number of ketones is 1.